The molecule has 0 aliphatic carbocycles. The Kier molecular flexibility index (Phi) is 4.79. The number of hydrogen-bond acceptors (Lipinski definition) is 6. The Morgan fingerprint density at radius 2 is 1.81 bits per heavy atom. The van der Waals surface area contributed by atoms with E-state index in [1.54, 1.807) is 0 Å². The number of aryl methyl sites for hydroxylation is 3. The van der Waals surface area contributed by atoms with Crippen molar-refractivity contribution in [2.45, 2.75) is 39.8 Å². The van der Waals surface area contributed by atoms with Crippen molar-refractivity contribution in [3.63, 3.8) is 0 Å². The molecule has 1 saturated heterocycles. The Hall–Kier alpha value is -2.84. The first-order chi connectivity index (χ1) is 14.8. The Balaban J connectivity index is 1.53. The van der Waals surface area contributed by atoms with Gasteiger partial charge in [0.1, 0.15) is 0 Å². The monoisotopic (exact) mass is 438 g/mol. The molecule has 0 bridgehead atoms. The van der Waals surface area contributed by atoms with Gasteiger partial charge in [0.15, 0.2) is 11.6 Å². The number of piperazine rings is 1. The highest BCUT2D eigenvalue weighted by molar-refractivity contribution is 6.37. The maximum Gasteiger partial charge on any atom is 0.163 e. The standard InChI is InChI=1S/C22H27ClN8/c1-12-9-30(10-13(2)24-12)16-6-17(23)21-19(7-16)29(5)28-22(21)26-20-8-18-15(4)25-14(3)11-31(18)27-20/h6-8,11-13,24H,9-10H2,1-5H3,(H,26,27,28)/t12-,13-/m0/s1. The average molecular weight is 439 g/mol. The van der Waals surface area contributed by atoms with Gasteiger partial charge in [0.25, 0.3) is 0 Å². The summed E-state index contributed by atoms with van der Waals surface area (Å²) in [6.07, 6.45) is 1.92. The Morgan fingerprint density at radius 3 is 2.55 bits per heavy atom. The van der Waals surface area contributed by atoms with E-state index in [2.05, 4.69) is 45.5 Å². The minimum atomic E-state index is 0.429. The third-order valence-corrected chi connectivity index (χ3v) is 6.12. The zero-order chi connectivity index (χ0) is 21.9. The zero-order valence-corrected chi connectivity index (χ0v) is 19.2. The molecule has 0 unspecified atom stereocenters. The summed E-state index contributed by atoms with van der Waals surface area (Å²) in [5, 5.41) is 17.8. The summed E-state index contributed by atoms with van der Waals surface area (Å²) >= 11 is 6.79. The van der Waals surface area contributed by atoms with Crippen LogP contribution in [-0.4, -0.2) is 49.6 Å². The van der Waals surface area contributed by atoms with Gasteiger partial charge in [0.2, 0.25) is 0 Å². The summed E-state index contributed by atoms with van der Waals surface area (Å²) in [6, 6.07) is 7.05. The van der Waals surface area contributed by atoms with Crippen molar-refractivity contribution in [3.8, 4) is 0 Å². The molecule has 4 aromatic rings. The third-order valence-electron chi connectivity index (χ3n) is 5.82. The molecule has 2 N–H and O–H groups in total. The Labute approximate surface area is 186 Å². The predicted octanol–water partition coefficient (Wildman–Crippen LogP) is 3.82. The highest BCUT2D eigenvalue weighted by atomic mass is 35.5. The van der Waals surface area contributed by atoms with Crippen LogP contribution in [0.4, 0.5) is 17.3 Å². The molecule has 4 heterocycles. The molecular formula is C22H27ClN8. The van der Waals surface area contributed by atoms with E-state index in [-0.39, 0.29) is 0 Å². The molecule has 1 fully saturated rings. The summed E-state index contributed by atoms with van der Waals surface area (Å²) in [4.78, 5) is 6.90. The fourth-order valence-corrected chi connectivity index (χ4v) is 4.90. The molecule has 1 aromatic carbocycles. The summed E-state index contributed by atoms with van der Waals surface area (Å²) in [5.74, 6) is 1.40. The van der Waals surface area contributed by atoms with Crippen LogP contribution in [-0.2, 0) is 7.05 Å². The van der Waals surface area contributed by atoms with Gasteiger partial charge in [0, 0.05) is 44.0 Å². The van der Waals surface area contributed by atoms with Crippen LogP contribution in [0.25, 0.3) is 16.4 Å². The molecule has 9 heteroatoms. The predicted molar refractivity (Wildman–Crippen MR) is 126 cm³/mol. The van der Waals surface area contributed by atoms with E-state index in [4.69, 9.17) is 16.7 Å². The maximum atomic E-state index is 6.79. The molecule has 0 saturated carbocycles. The number of rotatable bonds is 3. The van der Waals surface area contributed by atoms with Gasteiger partial charge in [0.05, 0.1) is 39.0 Å². The quantitative estimate of drug-likeness (QED) is 0.506. The highest BCUT2D eigenvalue weighted by Gasteiger charge is 2.23. The lowest BCUT2D eigenvalue weighted by Gasteiger charge is -2.37. The average Bonchev–Trinajstić information content (AvgIpc) is 3.22. The molecule has 1 aliphatic heterocycles. The van der Waals surface area contributed by atoms with Crippen molar-refractivity contribution < 1.29 is 0 Å². The van der Waals surface area contributed by atoms with E-state index >= 15 is 0 Å². The van der Waals surface area contributed by atoms with Gasteiger partial charge >= 0.3 is 0 Å². The van der Waals surface area contributed by atoms with E-state index < -0.39 is 0 Å². The molecule has 2 atom stereocenters. The van der Waals surface area contributed by atoms with Gasteiger partial charge in [-0.1, -0.05) is 11.6 Å². The van der Waals surface area contributed by atoms with E-state index in [9.17, 15) is 0 Å². The van der Waals surface area contributed by atoms with Crippen LogP contribution in [0.15, 0.2) is 24.4 Å². The summed E-state index contributed by atoms with van der Waals surface area (Å²) in [7, 11) is 1.94. The molecular weight excluding hydrogens is 412 g/mol. The fourth-order valence-electron chi connectivity index (χ4n) is 4.60. The van der Waals surface area contributed by atoms with E-state index in [0.29, 0.717) is 28.7 Å². The lowest BCUT2D eigenvalue weighted by Crippen LogP contribution is -2.54. The molecule has 5 rings (SSSR count). The molecule has 8 nitrogen and oxygen atoms in total. The summed E-state index contributed by atoms with van der Waals surface area (Å²) in [6.45, 7) is 10.3. The lowest BCUT2D eigenvalue weighted by molar-refractivity contribution is 0.407. The van der Waals surface area contributed by atoms with E-state index in [0.717, 1.165) is 46.6 Å². The minimum absolute atomic E-state index is 0.429. The number of halogens is 1. The first kappa shape index (κ1) is 20.1. The molecule has 0 spiro atoms. The number of anilines is 3. The van der Waals surface area contributed by atoms with Crippen LogP contribution < -0.4 is 15.5 Å². The smallest absolute Gasteiger partial charge is 0.163 e. The lowest BCUT2D eigenvalue weighted by atomic mass is 10.1. The van der Waals surface area contributed by atoms with Gasteiger partial charge in [-0.2, -0.15) is 5.10 Å². The second kappa shape index (κ2) is 7.39. The molecule has 31 heavy (non-hydrogen) atoms. The number of hydrogen-bond donors (Lipinski definition) is 2. The van der Waals surface area contributed by atoms with Crippen LogP contribution in [0.3, 0.4) is 0 Å². The number of fused-ring (bicyclic) bond motifs is 2. The first-order valence-electron chi connectivity index (χ1n) is 10.6. The Morgan fingerprint density at radius 1 is 1.06 bits per heavy atom. The summed E-state index contributed by atoms with van der Waals surface area (Å²) < 4.78 is 3.71. The van der Waals surface area contributed by atoms with E-state index in [1.807, 2.05) is 48.4 Å². The van der Waals surface area contributed by atoms with Crippen LogP contribution in [0, 0.1) is 13.8 Å². The molecule has 162 valence electrons. The van der Waals surface area contributed by atoms with Crippen LogP contribution in [0.2, 0.25) is 5.02 Å². The van der Waals surface area contributed by atoms with Crippen molar-refractivity contribution in [1.29, 1.82) is 0 Å². The number of benzene rings is 1. The second-order valence-electron chi connectivity index (χ2n) is 8.62. The maximum absolute atomic E-state index is 6.79. The largest absolute Gasteiger partial charge is 0.368 e. The zero-order valence-electron chi connectivity index (χ0n) is 18.4. The van der Waals surface area contributed by atoms with Gasteiger partial charge in [-0.3, -0.25) is 9.67 Å². The Bertz CT molecular complexity index is 1280. The molecule has 1 aliphatic rings. The molecule has 0 amide bonds. The number of nitrogens with one attached hydrogen (secondary N) is 2. The van der Waals surface area contributed by atoms with Crippen molar-refractivity contribution >= 4 is 45.3 Å². The van der Waals surface area contributed by atoms with Crippen LogP contribution >= 0.6 is 11.6 Å². The van der Waals surface area contributed by atoms with Crippen molar-refractivity contribution in [2.24, 2.45) is 7.05 Å². The van der Waals surface area contributed by atoms with Gasteiger partial charge in [-0.25, -0.2) is 4.52 Å². The van der Waals surface area contributed by atoms with Gasteiger partial charge in [-0.05, 0) is 39.8 Å². The number of nitrogens with zero attached hydrogens (tertiary/aromatic N) is 6. The SMILES string of the molecule is Cc1cn2nc(Nc3nn(C)c4cc(N5C[C@H](C)N[C@@H](C)C5)cc(Cl)c34)cc2c(C)n1. The van der Waals surface area contributed by atoms with Gasteiger partial charge in [-0.15, -0.1) is 5.10 Å². The summed E-state index contributed by atoms with van der Waals surface area (Å²) in [5.41, 5.74) is 4.94. The van der Waals surface area contributed by atoms with Crippen molar-refractivity contribution in [1.82, 2.24) is 29.7 Å². The molecule has 0 radical (unpaired) electrons. The van der Waals surface area contributed by atoms with E-state index in [1.165, 1.54) is 0 Å². The van der Waals surface area contributed by atoms with Gasteiger partial charge < -0.3 is 15.5 Å². The van der Waals surface area contributed by atoms with Crippen LogP contribution in [0.1, 0.15) is 25.2 Å². The van der Waals surface area contributed by atoms with Crippen molar-refractivity contribution in [2.75, 3.05) is 23.3 Å². The van der Waals surface area contributed by atoms with Crippen LogP contribution in [0.5, 0.6) is 0 Å². The fraction of sp³-hybridized carbons (Fsp3) is 0.409. The third kappa shape index (κ3) is 3.59. The second-order valence-corrected chi connectivity index (χ2v) is 9.03. The first-order valence-corrected chi connectivity index (χ1v) is 10.9. The highest BCUT2D eigenvalue weighted by Crippen LogP contribution is 2.36. The molecule has 3 aromatic heterocycles. The number of aromatic nitrogens is 5. The topological polar surface area (TPSA) is 75.3 Å². The normalized spacial score (nSPS) is 19.5. The minimum Gasteiger partial charge on any atom is -0.368 e. The van der Waals surface area contributed by atoms with Crippen molar-refractivity contribution in [3.05, 3.63) is 40.8 Å².